The zero-order chi connectivity index (χ0) is 14.7. The van der Waals surface area contributed by atoms with E-state index in [1.807, 2.05) is 36.4 Å². The lowest BCUT2D eigenvalue weighted by atomic mass is 10.1. The molecule has 0 amide bonds. The van der Waals surface area contributed by atoms with E-state index in [4.69, 9.17) is 5.73 Å². The molecule has 2 aromatic carbocycles. The number of nitrogens with two attached hydrogens (primary N) is 1. The van der Waals surface area contributed by atoms with Crippen LogP contribution in [0, 0.1) is 11.8 Å². The Kier molecular flexibility index (Phi) is 3.36. The molecule has 0 spiro atoms. The molecule has 3 aromatic rings. The predicted octanol–water partition coefficient (Wildman–Crippen LogP) is 3.03. The minimum absolute atomic E-state index is 0.506. The summed E-state index contributed by atoms with van der Waals surface area (Å²) in [5.41, 5.74) is 8.19. The Labute approximate surface area is 122 Å². The van der Waals surface area contributed by atoms with Crippen molar-refractivity contribution in [3.63, 3.8) is 0 Å². The molecule has 1 heterocycles. The van der Waals surface area contributed by atoms with Crippen LogP contribution in [0.5, 0.6) is 0 Å². The van der Waals surface area contributed by atoms with E-state index < -0.39 is 0 Å². The van der Waals surface area contributed by atoms with Gasteiger partial charge in [-0.25, -0.2) is 4.98 Å². The quantitative estimate of drug-likeness (QED) is 0.547. The summed E-state index contributed by atoms with van der Waals surface area (Å²) in [6, 6.07) is 14.9. The van der Waals surface area contributed by atoms with Crippen LogP contribution >= 0.6 is 0 Å². The number of hydrogen-bond acceptors (Lipinski definition) is 3. The summed E-state index contributed by atoms with van der Waals surface area (Å²) < 4.78 is 0. The third-order valence-corrected chi connectivity index (χ3v) is 3.21. The third-order valence-electron chi connectivity index (χ3n) is 3.21. The van der Waals surface area contributed by atoms with Crippen molar-refractivity contribution in [3.05, 3.63) is 71.4 Å². The SMILES string of the molecule is Nc1ncc(C#Cc2ccc(C=O)cc2)c2ccccc12. The van der Waals surface area contributed by atoms with Crippen molar-refractivity contribution >= 4 is 22.9 Å². The monoisotopic (exact) mass is 272 g/mol. The number of carbonyl (C=O) groups is 1. The normalized spacial score (nSPS) is 9.90. The van der Waals surface area contributed by atoms with Gasteiger partial charge in [0.05, 0.1) is 5.56 Å². The van der Waals surface area contributed by atoms with E-state index >= 15 is 0 Å². The average Bonchev–Trinajstić information content (AvgIpc) is 2.55. The number of benzene rings is 2. The molecule has 21 heavy (non-hydrogen) atoms. The maximum atomic E-state index is 10.6. The van der Waals surface area contributed by atoms with Crippen LogP contribution in [0.1, 0.15) is 21.5 Å². The maximum absolute atomic E-state index is 10.6. The van der Waals surface area contributed by atoms with Crippen LogP contribution in [0.2, 0.25) is 0 Å². The van der Waals surface area contributed by atoms with Crippen LogP contribution in [-0.4, -0.2) is 11.3 Å². The summed E-state index contributed by atoms with van der Waals surface area (Å²) in [5, 5.41) is 1.89. The summed E-state index contributed by atoms with van der Waals surface area (Å²) in [6.45, 7) is 0. The number of anilines is 1. The van der Waals surface area contributed by atoms with Crippen LogP contribution in [-0.2, 0) is 0 Å². The fourth-order valence-electron chi connectivity index (χ4n) is 2.10. The van der Waals surface area contributed by atoms with Crippen molar-refractivity contribution in [2.24, 2.45) is 0 Å². The molecule has 3 heteroatoms. The van der Waals surface area contributed by atoms with E-state index in [-0.39, 0.29) is 0 Å². The van der Waals surface area contributed by atoms with Gasteiger partial charge in [-0.05, 0) is 12.1 Å². The van der Waals surface area contributed by atoms with Crippen molar-refractivity contribution in [2.75, 3.05) is 5.73 Å². The molecule has 0 aliphatic rings. The molecular weight excluding hydrogens is 260 g/mol. The lowest BCUT2D eigenvalue weighted by molar-refractivity contribution is 0.112. The molecule has 0 saturated carbocycles. The number of pyridine rings is 1. The number of rotatable bonds is 1. The molecule has 3 rings (SSSR count). The maximum Gasteiger partial charge on any atom is 0.150 e. The molecule has 0 radical (unpaired) electrons. The lowest BCUT2D eigenvalue weighted by Crippen LogP contribution is -1.93. The lowest BCUT2D eigenvalue weighted by Gasteiger charge is -2.02. The second kappa shape index (κ2) is 5.48. The van der Waals surface area contributed by atoms with Gasteiger partial charge in [-0.3, -0.25) is 4.79 Å². The highest BCUT2D eigenvalue weighted by Crippen LogP contribution is 2.21. The molecule has 0 atom stereocenters. The van der Waals surface area contributed by atoms with Gasteiger partial charge in [-0.15, -0.1) is 0 Å². The van der Waals surface area contributed by atoms with E-state index in [1.165, 1.54) is 0 Å². The fraction of sp³-hybridized carbons (Fsp3) is 0. The Morgan fingerprint density at radius 2 is 1.67 bits per heavy atom. The molecule has 0 unspecified atom stereocenters. The van der Waals surface area contributed by atoms with Crippen LogP contribution in [0.25, 0.3) is 10.8 Å². The molecule has 1 aromatic heterocycles. The van der Waals surface area contributed by atoms with E-state index in [0.717, 1.165) is 28.2 Å². The Balaban J connectivity index is 2.04. The van der Waals surface area contributed by atoms with E-state index in [1.54, 1.807) is 18.3 Å². The van der Waals surface area contributed by atoms with Crippen molar-refractivity contribution < 1.29 is 4.79 Å². The van der Waals surface area contributed by atoms with Gasteiger partial charge >= 0.3 is 0 Å². The Morgan fingerprint density at radius 1 is 0.952 bits per heavy atom. The number of hydrogen-bond donors (Lipinski definition) is 1. The predicted molar refractivity (Wildman–Crippen MR) is 84.0 cm³/mol. The van der Waals surface area contributed by atoms with Gasteiger partial charge in [0.25, 0.3) is 0 Å². The molecule has 100 valence electrons. The minimum atomic E-state index is 0.506. The van der Waals surface area contributed by atoms with Gasteiger partial charge in [-0.1, -0.05) is 48.2 Å². The number of nitrogen functional groups attached to an aromatic ring is 1. The number of aromatic nitrogens is 1. The van der Waals surface area contributed by atoms with Crippen molar-refractivity contribution in [1.82, 2.24) is 4.98 Å². The van der Waals surface area contributed by atoms with Crippen LogP contribution in [0.15, 0.2) is 54.7 Å². The van der Waals surface area contributed by atoms with E-state index in [9.17, 15) is 4.79 Å². The molecule has 0 fully saturated rings. The van der Waals surface area contributed by atoms with Gasteiger partial charge < -0.3 is 5.73 Å². The number of nitrogens with zero attached hydrogens (tertiary/aromatic N) is 1. The molecular formula is C18H12N2O. The number of carbonyl (C=O) groups excluding carboxylic acids is 1. The highest BCUT2D eigenvalue weighted by Gasteiger charge is 2.02. The summed E-state index contributed by atoms with van der Waals surface area (Å²) >= 11 is 0. The van der Waals surface area contributed by atoms with Crippen LogP contribution in [0.3, 0.4) is 0 Å². The Morgan fingerprint density at radius 3 is 2.38 bits per heavy atom. The third kappa shape index (κ3) is 2.60. The molecule has 2 N–H and O–H groups in total. The number of aldehydes is 1. The Bertz CT molecular complexity index is 871. The highest BCUT2D eigenvalue weighted by atomic mass is 16.1. The zero-order valence-electron chi connectivity index (χ0n) is 11.2. The summed E-state index contributed by atoms with van der Waals surface area (Å²) in [4.78, 5) is 14.8. The second-order valence-corrected chi connectivity index (χ2v) is 4.59. The van der Waals surface area contributed by atoms with Crippen molar-refractivity contribution in [3.8, 4) is 11.8 Å². The first-order chi connectivity index (χ1) is 10.3. The summed E-state index contributed by atoms with van der Waals surface area (Å²) in [5.74, 6) is 6.70. The first kappa shape index (κ1) is 12.9. The topological polar surface area (TPSA) is 56.0 Å². The van der Waals surface area contributed by atoms with Gasteiger partial charge in [0.2, 0.25) is 0 Å². The van der Waals surface area contributed by atoms with E-state index in [2.05, 4.69) is 16.8 Å². The van der Waals surface area contributed by atoms with Gasteiger partial charge in [0.1, 0.15) is 12.1 Å². The smallest absolute Gasteiger partial charge is 0.150 e. The van der Waals surface area contributed by atoms with Gasteiger partial charge in [-0.2, -0.15) is 0 Å². The zero-order valence-corrected chi connectivity index (χ0v) is 11.2. The summed E-state index contributed by atoms with van der Waals surface area (Å²) in [6.07, 6.45) is 2.50. The van der Waals surface area contributed by atoms with Crippen molar-refractivity contribution in [2.45, 2.75) is 0 Å². The average molecular weight is 272 g/mol. The molecule has 0 aliphatic heterocycles. The van der Waals surface area contributed by atoms with E-state index in [0.29, 0.717) is 11.4 Å². The fourth-order valence-corrected chi connectivity index (χ4v) is 2.10. The second-order valence-electron chi connectivity index (χ2n) is 4.59. The first-order valence-corrected chi connectivity index (χ1v) is 6.48. The molecule has 3 nitrogen and oxygen atoms in total. The van der Waals surface area contributed by atoms with Crippen molar-refractivity contribution in [1.29, 1.82) is 0 Å². The molecule has 0 saturated heterocycles. The standard InChI is InChI=1S/C18H12N2O/c19-18-17-4-2-1-3-16(17)15(11-20-18)10-9-13-5-7-14(12-21)8-6-13/h1-8,11-12H,(H2,19,20). The first-order valence-electron chi connectivity index (χ1n) is 6.48. The summed E-state index contributed by atoms with van der Waals surface area (Å²) in [7, 11) is 0. The minimum Gasteiger partial charge on any atom is -0.383 e. The highest BCUT2D eigenvalue weighted by molar-refractivity contribution is 5.94. The largest absolute Gasteiger partial charge is 0.383 e. The van der Waals surface area contributed by atoms with Gasteiger partial charge in [0, 0.05) is 28.1 Å². The molecule has 0 bridgehead atoms. The van der Waals surface area contributed by atoms with Crippen LogP contribution in [0.4, 0.5) is 5.82 Å². The van der Waals surface area contributed by atoms with Gasteiger partial charge in [0.15, 0.2) is 0 Å². The Hall–Kier alpha value is -3.12. The molecule has 0 aliphatic carbocycles. The number of fused-ring (bicyclic) bond motifs is 1. The van der Waals surface area contributed by atoms with Crippen LogP contribution < -0.4 is 5.73 Å².